The molecule has 1 N–H and O–H groups in total. The van der Waals surface area contributed by atoms with Crippen molar-refractivity contribution in [2.24, 2.45) is 0 Å². The first-order valence-electron chi connectivity index (χ1n) is 8.62. The van der Waals surface area contributed by atoms with Crippen molar-refractivity contribution >= 4 is 28.0 Å². The van der Waals surface area contributed by atoms with Crippen molar-refractivity contribution in [1.82, 2.24) is 9.38 Å². The molecule has 154 valence electrons. The summed E-state index contributed by atoms with van der Waals surface area (Å²) in [5.74, 6) is -0.678. The number of ether oxygens (including phenoxy) is 2. The van der Waals surface area contributed by atoms with Gasteiger partial charge in [-0.15, -0.1) is 11.3 Å². The van der Waals surface area contributed by atoms with Crippen LogP contribution in [0.15, 0.2) is 54.0 Å². The quantitative estimate of drug-likeness (QED) is 0.462. The average Bonchev–Trinajstić information content (AvgIpc) is 3.31. The zero-order valence-electron chi connectivity index (χ0n) is 15.4. The van der Waals surface area contributed by atoms with E-state index in [-0.39, 0.29) is 22.9 Å². The van der Waals surface area contributed by atoms with Gasteiger partial charge >= 0.3 is 6.61 Å². The normalized spacial score (nSPS) is 11.1. The molecule has 0 spiro atoms. The molecule has 0 aliphatic carbocycles. The van der Waals surface area contributed by atoms with Gasteiger partial charge in [-0.1, -0.05) is 0 Å². The van der Waals surface area contributed by atoms with Gasteiger partial charge in [0.15, 0.2) is 16.5 Å². The molecule has 2 heterocycles. The number of benzene rings is 2. The number of fused-ring (bicyclic) bond motifs is 1. The molecule has 0 unspecified atom stereocenters. The van der Waals surface area contributed by atoms with Crippen LogP contribution in [0.4, 0.5) is 19.0 Å². The lowest BCUT2D eigenvalue weighted by Gasteiger charge is -2.12. The molecule has 6 nitrogen and oxygen atoms in total. The lowest BCUT2D eigenvalue weighted by Crippen LogP contribution is -2.14. The number of imidazole rings is 1. The highest BCUT2D eigenvalue weighted by atomic mass is 32.1. The Bertz CT molecular complexity index is 1210. The molecule has 2 aromatic heterocycles. The number of anilines is 1. The molecular formula is C20H14F3N3O3S. The fourth-order valence-corrected chi connectivity index (χ4v) is 3.61. The molecule has 0 aliphatic heterocycles. The van der Waals surface area contributed by atoms with Crippen LogP contribution in [-0.2, 0) is 0 Å². The van der Waals surface area contributed by atoms with Gasteiger partial charge in [0.1, 0.15) is 17.3 Å². The number of aromatic nitrogens is 2. The first-order chi connectivity index (χ1) is 14.5. The number of rotatable bonds is 6. The summed E-state index contributed by atoms with van der Waals surface area (Å²) in [4.78, 5) is 18.0. The lowest BCUT2D eigenvalue weighted by molar-refractivity contribution is -0.0512. The molecule has 1 amide bonds. The van der Waals surface area contributed by atoms with E-state index in [0.29, 0.717) is 22.0 Å². The molecule has 4 aromatic rings. The summed E-state index contributed by atoms with van der Waals surface area (Å²) in [6.07, 6.45) is 1.75. The van der Waals surface area contributed by atoms with E-state index >= 15 is 0 Å². The SMILES string of the molecule is COc1cc(C(=O)Nc2c(-c3ccc(F)cc3)nc3sccn23)ccc1OC(F)F. The standard InChI is InChI=1S/C20H14F3N3O3S/c1-28-15-10-12(4-7-14(15)29-19(22)23)18(27)25-17-16(11-2-5-13(21)6-3-11)24-20-26(17)8-9-30-20/h2-10,19H,1H3,(H,25,27). The molecule has 0 radical (unpaired) electrons. The van der Waals surface area contributed by atoms with Gasteiger partial charge in [-0.05, 0) is 42.5 Å². The third-order valence-corrected chi connectivity index (χ3v) is 5.01. The van der Waals surface area contributed by atoms with Crippen LogP contribution in [0.2, 0.25) is 0 Å². The zero-order chi connectivity index (χ0) is 21.3. The first-order valence-corrected chi connectivity index (χ1v) is 9.50. The van der Waals surface area contributed by atoms with Crippen LogP contribution >= 0.6 is 11.3 Å². The number of hydrogen-bond acceptors (Lipinski definition) is 5. The number of amides is 1. The molecule has 0 bridgehead atoms. The largest absolute Gasteiger partial charge is 0.493 e. The molecule has 0 aliphatic rings. The maximum Gasteiger partial charge on any atom is 0.387 e. The van der Waals surface area contributed by atoms with Crippen molar-refractivity contribution < 1.29 is 27.4 Å². The first kappa shape index (κ1) is 19.8. The van der Waals surface area contributed by atoms with Crippen molar-refractivity contribution in [3.63, 3.8) is 0 Å². The molecule has 0 saturated heterocycles. The van der Waals surface area contributed by atoms with Crippen molar-refractivity contribution in [1.29, 1.82) is 0 Å². The van der Waals surface area contributed by atoms with Gasteiger partial charge in [0.05, 0.1) is 7.11 Å². The van der Waals surface area contributed by atoms with E-state index in [1.807, 2.05) is 5.38 Å². The topological polar surface area (TPSA) is 64.9 Å². The molecule has 2 aromatic carbocycles. The monoisotopic (exact) mass is 433 g/mol. The van der Waals surface area contributed by atoms with Gasteiger partial charge in [-0.3, -0.25) is 9.20 Å². The molecular weight excluding hydrogens is 419 g/mol. The van der Waals surface area contributed by atoms with Crippen LogP contribution in [0.3, 0.4) is 0 Å². The van der Waals surface area contributed by atoms with Crippen molar-refractivity contribution in [3.05, 3.63) is 65.4 Å². The molecule has 0 atom stereocenters. The minimum atomic E-state index is -3.02. The summed E-state index contributed by atoms with van der Waals surface area (Å²) >= 11 is 1.38. The fraction of sp³-hybridized carbons (Fsp3) is 0.100. The summed E-state index contributed by atoms with van der Waals surface area (Å²) in [6, 6.07) is 9.63. The van der Waals surface area contributed by atoms with E-state index in [9.17, 15) is 18.0 Å². The van der Waals surface area contributed by atoms with E-state index in [0.717, 1.165) is 0 Å². The van der Waals surface area contributed by atoms with Gasteiger partial charge < -0.3 is 14.8 Å². The maximum absolute atomic E-state index is 13.3. The predicted octanol–water partition coefficient (Wildman–Crippen LogP) is 5.06. The Kier molecular flexibility index (Phi) is 5.32. The number of carbonyl (C=O) groups is 1. The van der Waals surface area contributed by atoms with Crippen LogP contribution in [0, 0.1) is 5.82 Å². The van der Waals surface area contributed by atoms with Crippen molar-refractivity contribution in [2.45, 2.75) is 6.61 Å². The maximum atomic E-state index is 13.3. The van der Waals surface area contributed by atoms with Crippen molar-refractivity contribution in [3.8, 4) is 22.8 Å². The molecule has 4 rings (SSSR count). The number of carbonyl (C=O) groups excluding carboxylic acids is 1. The Morgan fingerprint density at radius 2 is 1.93 bits per heavy atom. The zero-order valence-corrected chi connectivity index (χ0v) is 16.3. The minimum Gasteiger partial charge on any atom is -0.493 e. The van der Waals surface area contributed by atoms with Crippen LogP contribution in [0.1, 0.15) is 10.4 Å². The highest BCUT2D eigenvalue weighted by molar-refractivity contribution is 7.15. The van der Waals surface area contributed by atoms with Crippen LogP contribution in [0.5, 0.6) is 11.5 Å². The number of nitrogens with one attached hydrogen (secondary N) is 1. The number of alkyl halides is 2. The average molecular weight is 433 g/mol. The van der Waals surface area contributed by atoms with Gasteiger partial charge in [0.2, 0.25) is 0 Å². The van der Waals surface area contributed by atoms with Gasteiger partial charge in [-0.25, -0.2) is 9.37 Å². The summed E-state index contributed by atoms with van der Waals surface area (Å²) in [5.41, 5.74) is 1.27. The summed E-state index contributed by atoms with van der Waals surface area (Å²) in [6.45, 7) is -3.02. The van der Waals surface area contributed by atoms with Gasteiger partial charge in [-0.2, -0.15) is 8.78 Å². The number of thiazole rings is 1. The fourth-order valence-electron chi connectivity index (χ4n) is 2.90. The van der Waals surface area contributed by atoms with E-state index in [2.05, 4.69) is 15.0 Å². The van der Waals surface area contributed by atoms with Crippen LogP contribution in [0.25, 0.3) is 16.2 Å². The Morgan fingerprint density at radius 3 is 2.63 bits per heavy atom. The number of halogens is 3. The molecule has 30 heavy (non-hydrogen) atoms. The lowest BCUT2D eigenvalue weighted by atomic mass is 10.1. The second-order valence-corrected chi connectivity index (χ2v) is 6.94. The van der Waals surface area contributed by atoms with E-state index in [1.165, 1.54) is 48.8 Å². The smallest absolute Gasteiger partial charge is 0.387 e. The molecule has 0 saturated carbocycles. The predicted molar refractivity (Wildman–Crippen MR) is 106 cm³/mol. The van der Waals surface area contributed by atoms with E-state index < -0.39 is 12.5 Å². The van der Waals surface area contributed by atoms with Crippen LogP contribution in [-0.4, -0.2) is 29.0 Å². The van der Waals surface area contributed by atoms with Gasteiger partial charge in [0.25, 0.3) is 5.91 Å². The van der Waals surface area contributed by atoms with Gasteiger partial charge in [0, 0.05) is 22.7 Å². The third-order valence-electron chi connectivity index (χ3n) is 4.25. The molecule has 10 heteroatoms. The summed E-state index contributed by atoms with van der Waals surface area (Å²) in [7, 11) is 1.29. The number of hydrogen-bond donors (Lipinski definition) is 1. The number of nitrogens with zero attached hydrogens (tertiary/aromatic N) is 2. The summed E-state index contributed by atoms with van der Waals surface area (Å²) in [5, 5.41) is 4.60. The van der Waals surface area contributed by atoms with E-state index in [1.54, 1.807) is 22.7 Å². The highest BCUT2D eigenvalue weighted by Crippen LogP contribution is 2.33. The Hall–Kier alpha value is -3.53. The molecule has 0 fully saturated rings. The summed E-state index contributed by atoms with van der Waals surface area (Å²) < 4.78 is 49.4. The Labute approximate surface area is 172 Å². The second-order valence-electron chi connectivity index (χ2n) is 6.07. The third kappa shape index (κ3) is 3.81. The van der Waals surface area contributed by atoms with Crippen LogP contribution < -0.4 is 14.8 Å². The van der Waals surface area contributed by atoms with E-state index in [4.69, 9.17) is 4.74 Å². The van der Waals surface area contributed by atoms with Crippen molar-refractivity contribution in [2.75, 3.05) is 12.4 Å². The Morgan fingerprint density at radius 1 is 1.17 bits per heavy atom. The Balaban J connectivity index is 1.69. The number of methoxy groups -OCH3 is 1. The minimum absolute atomic E-state index is 0.00401. The highest BCUT2D eigenvalue weighted by Gasteiger charge is 2.20. The second kappa shape index (κ2) is 8.07.